The first-order chi connectivity index (χ1) is 18.6. The van der Waals surface area contributed by atoms with E-state index < -0.39 is 28.5 Å². The lowest BCUT2D eigenvalue weighted by molar-refractivity contribution is -0.140. The summed E-state index contributed by atoms with van der Waals surface area (Å²) < 4.78 is 39.3. The molecule has 3 rings (SSSR count). The Morgan fingerprint density at radius 2 is 1.56 bits per heavy atom. The third kappa shape index (κ3) is 7.08. The molecule has 39 heavy (non-hydrogen) atoms. The van der Waals surface area contributed by atoms with Crippen LogP contribution in [0, 0.1) is 6.92 Å². The number of carbonyl (C=O) groups is 2. The fourth-order valence-corrected chi connectivity index (χ4v) is 5.58. The number of sulfonamides is 1. The van der Waals surface area contributed by atoms with Crippen LogP contribution in [0.3, 0.4) is 0 Å². The van der Waals surface area contributed by atoms with Crippen molar-refractivity contribution in [2.45, 2.75) is 37.8 Å². The van der Waals surface area contributed by atoms with Crippen LogP contribution in [0.4, 0.5) is 5.69 Å². The van der Waals surface area contributed by atoms with Gasteiger partial charge in [-0.15, -0.1) is 0 Å². The van der Waals surface area contributed by atoms with Crippen molar-refractivity contribution >= 4 is 27.5 Å². The highest BCUT2D eigenvalue weighted by molar-refractivity contribution is 7.92. The summed E-state index contributed by atoms with van der Waals surface area (Å²) in [6.07, 6.45) is 0.338. The number of nitrogens with one attached hydrogen (secondary N) is 1. The highest BCUT2D eigenvalue weighted by Crippen LogP contribution is 2.26. The minimum absolute atomic E-state index is 0.00867. The van der Waals surface area contributed by atoms with E-state index in [2.05, 4.69) is 5.32 Å². The van der Waals surface area contributed by atoms with Crippen molar-refractivity contribution in [3.05, 3.63) is 83.9 Å². The summed E-state index contributed by atoms with van der Waals surface area (Å²) in [4.78, 5) is 28.2. The van der Waals surface area contributed by atoms with Gasteiger partial charge in [-0.3, -0.25) is 13.9 Å². The number of anilines is 1. The lowest BCUT2D eigenvalue weighted by Crippen LogP contribution is -2.51. The van der Waals surface area contributed by atoms with E-state index in [0.29, 0.717) is 23.6 Å². The molecule has 3 aromatic rings. The van der Waals surface area contributed by atoms with E-state index in [-0.39, 0.29) is 17.3 Å². The van der Waals surface area contributed by atoms with Gasteiger partial charge in [-0.05, 0) is 67.4 Å². The molecule has 10 heteroatoms. The molecule has 208 valence electrons. The van der Waals surface area contributed by atoms with Crippen LogP contribution in [-0.2, 0) is 26.2 Å². The van der Waals surface area contributed by atoms with Crippen LogP contribution in [0.25, 0.3) is 0 Å². The molecule has 0 saturated carbocycles. The van der Waals surface area contributed by atoms with E-state index in [0.717, 1.165) is 15.4 Å². The van der Waals surface area contributed by atoms with Crippen LogP contribution < -0.4 is 19.1 Å². The molecular weight excluding hydrogens is 518 g/mol. The molecule has 0 bridgehead atoms. The molecule has 1 atom stereocenters. The molecule has 0 fully saturated rings. The molecule has 0 aliphatic rings. The highest BCUT2D eigenvalue weighted by atomic mass is 32.2. The predicted octanol–water partition coefficient (Wildman–Crippen LogP) is 3.76. The topological polar surface area (TPSA) is 105 Å². The number of nitrogens with zero attached hydrogens (tertiary/aromatic N) is 2. The first kappa shape index (κ1) is 29.5. The molecule has 2 amide bonds. The van der Waals surface area contributed by atoms with Crippen LogP contribution in [0.2, 0.25) is 0 Å². The summed E-state index contributed by atoms with van der Waals surface area (Å²) >= 11 is 0. The summed E-state index contributed by atoms with van der Waals surface area (Å²) in [5.41, 5.74) is 2.02. The fourth-order valence-electron chi connectivity index (χ4n) is 4.17. The van der Waals surface area contributed by atoms with Crippen LogP contribution >= 0.6 is 0 Å². The van der Waals surface area contributed by atoms with Crippen LogP contribution in [0.5, 0.6) is 11.5 Å². The molecule has 0 aliphatic heterocycles. The van der Waals surface area contributed by atoms with Crippen LogP contribution in [0.15, 0.2) is 77.7 Å². The average molecular weight is 554 g/mol. The van der Waals surface area contributed by atoms with Crippen molar-refractivity contribution in [3.63, 3.8) is 0 Å². The smallest absolute Gasteiger partial charge is 0.264 e. The monoisotopic (exact) mass is 553 g/mol. The molecule has 1 N–H and O–H groups in total. The first-order valence-electron chi connectivity index (χ1n) is 12.5. The largest absolute Gasteiger partial charge is 0.497 e. The number of amides is 2. The summed E-state index contributed by atoms with van der Waals surface area (Å²) in [7, 11) is 0.394. The Bertz CT molecular complexity index is 1370. The maximum atomic E-state index is 13.9. The number of aryl methyl sites for hydroxylation is 1. The highest BCUT2D eigenvalue weighted by Gasteiger charge is 2.33. The Morgan fingerprint density at radius 3 is 2.13 bits per heavy atom. The second-order valence-corrected chi connectivity index (χ2v) is 10.8. The Morgan fingerprint density at radius 1 is 0.923 bits per heavy atom. The van der Waals surface area contributed by atoms with Gasteiger partial charge in [0.05, 0.1) is 24.8 Å². The quantitative estimate of drug-likeness (QED) is 0.366. The van der Waals surface area contributed by atoms with E-state index in [1.54, 1.807) is 68.6 Å². The zero-order chi connectivity index (χ0) is 28.6. The number of likely N-dealkylation sites (N-methyl/N-ethyl adjacent to an activating group) is 1. The maximum absolute atomic E-state index is 13.9. The fraction of sp³-hybridized carbons (Fsp3) is 0.310. The van der Waals surface area contributed by atoms with Gasteiger partial charge >= 0.3 is 0 Å². The number of methoxy groups -OCH3 is 2. The van der Waals surface area contributed by atoms with Crippen molar-refractivity contribution in [1.82, 2.24) is 10.2 Å². The molecule has 0 spiro atoms. The zero-order valence-corrected chi connectivity index (χ0v) is 23.7. The summed E-state index contributed by atoms with van der Waals surface area (Å²) in [5.74, 6) is 0.253. The Kier molecular flexibility index (Phi) is 9.95. The molecule has 0 aliphatic carbocycles. The SMILES string of the molecule is CC[C@@H](C(=O)NC)N(Cc1cccc(OC)c1)C(=O)CN(c1ccc(C)cc1)S(=O)(=O)c1ccc(OC)cc1. The summed E-state index contributed by atoms with van der Waals surface area (Å²) in [5, 5.41) is 2.62. The molecule has 0 saturated heterocycles. The van der Waals surface area contributed by atoms with E-state index >= 15 is 0 Å². The van der Waals surface area contributed by atoms with Crippen molar-refractivity contribution in [2.75, 3.05) is 32.1 Å². The Hall–Kier alpha value is -4.05. The minimum atomic E-state index is -4.15. The second kappa shape index (κ2) is 13.1. The van der Waals surface area contributed by atoms with Gasteiger partial charge in [-0.2, -0.15) is 0 Å². The van der Waals surface area contributed by atoms with Gasteiger partial charge in [0.1, 0.15) is 24.1 Å². The zero-order valence-electron chi connectivity index (χ0n) is 22.9. The maximum Gasteiger partial charge on any atom is 0.264 e. The minimum Gasteiger partial charge on any atom is -0.497 e. The number of hydrogen-bond acceptors (Lipinski definition) is 6. The van der Waals surface area contributed by atoms with Crippen molar-refractivity contribution in [2.24, 2.45) is 0 Å². The van der Waals surface area contributed by atoms with Crippen molar-refractivity contribution in [3.8, 4) is 11.5 Å². The van der Waals surface area contributed by atoms with Gasteiger partial charge < -0.3 is 19.7 Å². The van der Waals surface area contributed by atoms with Gasteiger partial charge in [0.2, 0.25) is 11.8 Å². The number of ether oxygens (including phenoxy) is 2. The lowest BCUT2D eigenvalue weighted by Gasteiger charge is -2.33. The Labute approximate surface area is 230 Å². The van der Waals surface area contributed by atoms with E-state index in [4.69, 9.17) is 9.47 Å². The first-order valence-corrected chi connectivity index (χ1v) is 14.0. The molecule has 3 aromatic carbocycles. The second-order valence-electron chi connectivity index (χ2n) is 8.93. The molecular formula is C29H35N3O6S. The molecule has 9 nitrogen and oxygen atoms in total. The molecule has 0 unspecified atom stereocenters. The number of rotatable bonds is 12. The van der Waals surface area contributed by atoms with Crippen LogP contribution in [-0.4, -0.2) is 59.0 Å². The van der Waals surface area contributed by atoms with E-state index in [1.807, 2.05) is 13.0 Å². The summed E-state index contributed by atoms with van der Waals surface area (Å²) in [6, 6.07) is 19.2. The van der Waals surface area contributed by atoms with Gasteiger partial charge in [0.15, 0.2) is 0 Å². The average Bonchev–Trinajstić information content (AvgIpc) is 2.96. The van der Waals surface area contributed by atoms with Gasteiger partial charge in [-0.25, -0.2) is 8.42 Å². The third-order valence-electron chi connectivity index (χ3n) is 6.37. The van der Waals surface area contributed by atoms with Crippen molar-refractivity contribution < 1.29 is 27.5 Å². The molecule has 0 heterocycles. The Balaban J connectivity index is 2.05. The van der Waals surface area contributed by atoms with Gasteiger partial charge in [0.25, 0.3) is 10.0 Å². The standard InChI is InChI=1S/C29H35N3O6S/c1-6-27(29(34)30-3)31(19-22-8-7-9-25(18-22)38-5)28(33)20-32(23-12-10-21(2)11-13-23)39(35,36)26-16-14-24(37-4)15-17-26/h7-18,27H,6,19-20H2,1-5H3,(H,30,34)/t27-/m0/s1. The molecule has 0 aromatic heterocycles. The summed E-state index contributed by atoms with van der Waals surface area (Å²) in [6.45, 7) is 3.28. The number of carbonyl (C=O) groups excluding carboxylic acids is 2. The number of hydrogen-bond donors (Lipinski definition) is 1. The number of benzene rings is 3. The van der Waals surface area contributed by atoms with Gasteiger partial charge in [-0.1, -0.05) is 36.8 Å². The van der Waals surface area contributed by atoms with Gasteiger partial charge in [0, 0.05) is 13.6 Å². The lowest BCUT2D eigenvalue weighted by atomic mass is 10.1. The predicted molar refractivity (Wildman–Crippen MR) is 150 cm³/mol. The van der Waals surface area contributed by atoms with Crippen LogP contribution in [0.1, 0.15) is 24.5 Å². The van der Waals surface area contributed by atoms with E-state index in [9.17, 15) is 18.0 Å². The third-order valence-corrected chi connectivity index (χ3v) is 8.16. The van der Waals surface area contributed by atoms with E-state index in [1.165, 1.54) is 31.2 Å². The molecule has 0 radical (unpaired) electrons. The van der Waals surface area contributed by atoms with Crippen molar-refractivity contribution in [1.29, 1.82) is 0 Å². The normalized spacial score (nSPS) is 11.8.